The number of carbonyl (C=O) groups is 3. The highest BCUT2D eigenvalue weighted by Gasteiger charge is 2.56. The number of carbonyl (C=O) groups excluding carboxylic acids is 3. The van der Waals surface area contributed by atoms with Crippen LogP contribution in [-0.2, 0) is 29.2 Å². The highest BCUT2D eigenvalue weighted by atomic mass is 35.5. The molecular weight excluding hydrogens is 404 g/mol. The Balaban J connectivity index is 0.00000256. The third-order valence-corrected chi connectivity index (χ3v) is 6.32. The molecule has 30 heavy (non-hydrogen) atoms. The zero-order chi connectivity index (χ0) is 20.8. The lowest BCUT2D eigenvalue weighted by Crippen LogP contribution is -2.54. The summed E-state index contributed by atoms with van der Waals surface area (Å²) in [6.07, 6.45) is 2.26. The molecule has 2 unspecified atom stereocenters. The molecule has 0 aromatic heterocycles. The average molecular weight is 435 g/mol. The minimum atomic E-state index is -0.870. The third-order valence-electron chi connectivity index (χ3n) is 6.32. The summed E-state index contributed by atoms with van der Waals surface area (Å²) in [7, 11) is 0. The Labute approximate surface area is 183 Å². The minimum absolute atomic E-state index is 0. The van der Waals surface area contributed by atoms with Crippen molar-refractivity contribution in [1.29, 1.82) is 0 Å². The molecule has 3 N–H and O–H groups in total. The molecule has 0 bridgehead atoms. The van der Waals surface area contributed by atoms with Gasteiger partial charge >= 0.3 is 6.03 Å². The predicted molar refractivity (Wildman–Crippen MR) is 116 cm³/mol. The molecule has 4 amide bonds. The summed E-state index contributed by atoms with van der Waals surface area (Å²) < 4.78 is 0. The summed E-state index contributed by atoms with van der Waals surface area (Å²) in [6.45, 7) is 8.24. The number of nitrogens with zero attached hydrogens (tertiary/aromatic N) is 1. The fourth-order valence-corrected chi connectivity index (χ4v) is 5.51. The molecule has 1 saturated carbocycles. The van der Waals surface area contributed by atoms with Gasteiger partial charge in [-0.05, 0) is 47.3 Å². The van der Waals surface area contributed by atoms with Crippen molar-refractivity contribution in [3.8, 4) is 0 Å². The lowest BCUT2D eigenvalue weighted by atomic mass is 9.64. The molecule has 164 valence electrons. The van der Waals surface area contributed by atoms with Crippen molar-refractivity contribution >= 4 is 30.3 Å². The lowest BCUT2D eigenvalue weighted by molar-refractivity contribution is -0.137. The van der Waals surface area contributed by atoms with Crippen LogP contribution in [0.15, 0.2) is 18.2 Å². The summed E-state index contributed by atoms with van der Waals surface area (Å²) >= 11 is 0. The van der Waals surface area contributed by atoms with Crippen LogP contribution >= 0.6 is 12.4 Å². The molecule has 3 aliphatic rings. The Morgan fingerprint density at radius 2 is 1.93 bits per heavy atom. The van der Waals surface area contributed by atoms with Crippen LogP contribution in [0.5, 0.6) is 0 Å². The molecule has 8 heteroatoms. The van der Waals surface area contributed by atoms with E-state index in [1.807, 2.05) is 6.07 Å². The van der Waals surface area contributed by atoms with Crippen LogP contribution in [-0.4, -0.2) is 34.8 Å². The molecule has 7 nitrogen and oxygen atoms in total. The number of hydrogen-bond acceptors (Lipinski definition) is 4. The second-order valence-electron chi connectivity index (χ2n) is 9.74. The third kappa shape index (κ3) is 4.32. The van der Waals surface area contributed by atoms with Crippen LogP contribution < -0.4 is 16.0 Å². The number of imide groups is 1. The Morgan fingerprint density at radius 3 is 2.67 bits per heavy atom. The molecule has 2 fully saturated rings. The maximum Gasteiger partial charge on any atom is 0.325 e. The monoisotopic (exact) mass is 434 g/mol. The van der Waals surface area contributed by atoms with E-state index in [2.05, 4.69) is 48.9 Å². The first-order valence-electron chi connectivity index (χ1n) is 10.4. The van der Waals surface area contributed by atoms with E-state index in [1.165, 1.54) is 11.1 Å². The van der Waals surface area contributed by atoms with Crippen molar-refractivity contribution in [2.75, 3.05) is 6.54 Å². The van der Waals surface area contributed by atoms with E-state index >= 15 is 0 Å². The van der Waals surface area contributed by atoms with E-state index in [-0.39, 0.29) is 36.2 Å². The van der Waals surface area contributed by atoms with Gasteiger partial charge in [-0.15, -0.1) is 12.4 Å². The molecule has 0 radical (unpaired) electrons. The second kappa shape index (κ2) is 8.19. The van der Waals surface area contributed by atoms with Crippen molar-refractivity contribution in [1.82, 2.24) is 20.9 Å². The van der Waals surface area contributed by atoms with Gasteiger partial charge in [0.25, 0.3) is 5.91 Å². The molecule has 2 heterocycles. The maximum absolute atomic E-state index is 13.1. The van der Waals surface area contributed by atoms with Gasteiger partial charge < -0.3 is 16.0 Å². The fourth-order valence-electron chi connectivity index (χ4n) is 5.51. The van der Waals surface area contributed by atoms with Crippen molar-refractivity contribution < 1.29 is 14.4 Å². The normalized spacial score (nSPS) is 26.9. The van der Waals surface area contributed by atoms with E-state index in [9.17, 15) is 14.4 Å². The van der Waals surface area contributed by atoms with Gasteiger partial charge in [0.15, 0.2) is 0 Å². The van der Waals surface area contributed by atoms with Crippen LogP contribution in [0, 0.1) is 11.3 Å². The quantitative estimate of drug-likeness (QED) is 0.635. The summed E-state index contributed by atoms with van der Waals surface area (Å²) in [5.41, 5.74) is 2.65. The number of urea groups is 1. The van der Waals surface area contributed by atoms with Gasteiger partial charge in [0.05, 0.1) is 0 Å². The Morgan fingerprint density at radius 1 is 1.20 bits per heavy atom. The first kappa shape index (κ1) is 22.6. The molecule has 1 spiro atoms. The largest absolute Gasteiger partial charge is 0.350 e. The average Bonchev–Trinajstić information content (AvgIpc) is 3.16. The van der Waals surface area contributed by atoms with Gasteiger partial charge in [-0.25, -0.2) is 4.79 Å². The first-order valence-corrected chi connectivity index (χ1v) is 10.4. The van der Waals surface area contributed by atoms with Crippen LogP contribution in [0.4, 0.5) is 4.79 Å². The number of nitrogens with one attached hydrogen (secondary N) is 3. The summed E-state index contributed by atoms with van der Waals surface area (Å²) in [5.74, 6) is -0.251. The summed E-state index contributed by atoms with van der Waals surface area (Å²) in [5, 5.41) is 9.05. The van der Waals surface area contributed by atoms with Crippen molar-refractivity contribution in [2.24, 2.45) is 11.3 Å². The fraction of sp³-hybridized carbons (Fsp3) is 0.591. The van der Waals surface area contributed by atoms with Crippen molar-refractivity contribution in [3.63, 3.8) is 0 Å². The summed E-state index contributed by atoms with van der Waals surface area (Å²) in [4.78, 5) is 39.2. The van der Waals surface area contributed by atoms with Crippen LogP contribution in [0.1, 0.15) is 56.7 Å². The van der Waals surface area contributed by atoms with Crippen LogP contribution in [0.3, 0.4) is 0 Å². The van der Waals surface area contributed by atoms with E-state index in [1.54, 1.807) is 0 Å². The molecule has 4 rings (SSSR count). The number of fused-ring (bicyclic) bond motifs is 1. The van der Waals surface area contributed by atoms with Gasteiger partial charge in [0.2, 0.25) is 5.91 Å². The molecule has 1 aromatic rings. The van der Waals surface area contributed by atoms with Gasteiger partial charge in [-0.1, -0.05) is 39.0 Å². The second-order valence-corrected chi connectivity index (χ2v) is 9.74. The molecule has 2 aliphatic heterocycles. The van der Waals surface area contributed by atoms with E-state index in [0.29, 0.717) is 25.3 Å². The van der Waals surface area contributed by atoms with Gasteiger partial charge in [-0.2, -0.15) is 0 Å². The number of benzene rings is 1. The molecule has 1 aromatic carbocycles. The number of halogens is 1. The number of rotatable bonds is 4. The molecule has 2 atom stereocenters. The topological polar surface area (TPSA) is 90.5 Å². The number of hydrogen-bond donors (Lipinski definition) is 3. The van der Waals surface area contributed by atoms with Gasteiger partial charge in [-0.3, -0.25) is 14.5 Å². The zero-order valence-electron chi connectivity index (χ0n) is 17.8. The predicted octanol–water partition coefficient (Wildman–Crippen LogP) is 2.46. The van der Waals surface area contributed by atoms with Crippen LogP contribution in [0.2, 0.25) is 0 Å². The van der Waals surface area contributed by atoms with E-state index in [0.717, 1.165) is 30.0 Å². The Hall–Kier alpha value is -2.12. The van der Waals surface area contributed by atoms with Gasteiger partial charge in [0.1, 0.15) is 12.1 Å². The van der Waals surface area contributed by atoms with Crippen molar-refractivity contribution in [2.45, 2.75) is 65.2 Å². The highest BCUT2D eigenvalue weighted by Crippen LogP contribution is 2.46. The maximum atomic E-state index is 13.1. The zero-order valence-corrected chi connectivity index (χ0v) is 18.7. The first-order chi connectivity index (χ1) is 13.7. The summed E-state index contributed by atoms with van der Waals surface area (Å²) in [6, 6.07) is 5.70. The minimum Gasteiger partial charge on any atom is -0.350 e. The Kier molecular flexibility index (Phi) is 6.16. The van der Waals surface area contributed by atoms with Crippen molar-refractivity contribution in [3.05, 3.63) is 34.9 Å². The molecular formula is C22H31ClN4O3. The number of amides is 4. The van der Waals surface area contributed by atoms with E-state index < -0.39 is 11.6 Å². The highest BCUT2D eigenvalue weighted by molar-refractivity contribution is 6.09. The molecule has 1 saturated heterocycles. The Bertz CT molecular complexity index is 872. The SMILES string of the molecule is CC1CC(C)(C)CC2(C1)NC(=O)N(CC(=O)NCc1ccc3c(c1)CNC3)C2=O.Cl. The van der Waals surface area contributed by atoms with E-state index in [4.69, 9.17) is 0 Å². The van der Waals surface area contributed by atoms with Crippen LogP contribution in [0.25, 0.3) is 0 Å². The standard InChI is InChI=1S/C22H30N4O3.ClH/c1-14-7-21(2,3)13-22(8-14)19(28)26(20(29)25-22)12-18(27)24-9-15-4-5-16-10-23-11-17(16)6-15;/h4-6,14,23H,7-13H2,1-3H3,(H,24,27)(H,25,29);1H. The lowest BCUT2D eigenvalue weighted by Gasteiger charge is -2.43. The smallest absolute Gasteiger partial charge is 0.325 e. The molecule has 1 aliphatic carbocycles. The van der Waals surface area contributed by atoms with Gasteiger partial charge in [0, 0.05) is 19.6 Å².